The van der Waals surface area contributed by atoms with Crippen molar-refractivity contribution >= 4 is 17.4 Å². The summed E-state index contributed by atoms with van der Waals surface area (Å²) < 4.78 is 62.6. The molecule has 0 aliphatic heterocycles. The minimum atomic E-state index is -4.28. The Labute approximate surface area is 137 Å². The lowest BCUT2D eigenvalue weighted by Gasteiger charge is -2.18. The van der Waals surface area contributed by atoms with Crippen LogP contribution in [0.25, 0.3) is 0 Å². The molecule has 0 unspecified atom stereocenters. The second-order valence-electron chi connectivity index (χ2n) is 4.61. The highest BCUT2D eigenvalue weighted by molar-refractivity contribution is 7.95. The molecule has 23 heavy (non-hydrogen) atoms. The maximum absolute atomic E-state index is 14.8. The summed E-state index contributed by atoms with van der Waals surface area (Å²) in [6, 6.07) is 7.47. The maximum Gasteiger partial charge on any atom is 0.390 e. The molecule has 0 atom stereocenters. The number of hydrogen-bond acceptors (Lipinski definition) is 5. The van der Waals surface area contributed by atoms with E-state index < -0.39 is 27.9 Å². The topological polar surface area (TPSA) is 69.7 Å². The summed E-state index contributed by atoms with van der Waals surface area (Å²) in [6.07, 6.45) is 0.278. The predicted octanol–water partition coefficient (Wildman–Crippen LogP) is 4.67. The first-order valence-corrected chi connectivity index (χ1v) is 10.4. The molecular weight excluding hydrogens is 342 g/mol. The quantitative estimate of drug-likeness (QED) is 0.596. The van der Waals surface area contributed by atoms with Crippen molar-refractivity contribution in [3.8, 4) is 0 Å². The largest absolute Gasteiger partial charge is 0.390 e. The zero-order valence-electron chi connectivity index (χ0n) is 13.5. The van der Waals surface area contributed by atoms with Gasteiger partial charge in [-0.1, -0.05) is 31.5 Å². The Morgan fingerprint density at radius 1 is 1.09 bits per heavy atom. The second-order valence-corrected chi connectivity index (χ2v) is 8.49. The van der Waals surface area contributed by atoms with Crippen molar-refractivity contribution in [3.63, 3.8) is 0 Å². The number of rotatable bonds is 9. The van der Waals surface area contributed by atoms with E-state index in [9.17, 15) is 17.4 Å². The van der Waals surface area contributed by atoms with E-state index in [2.05, 4.69) is 0 Å². The van der Waals surface area contributed by atoms with Crippen LogP contribution in [0, 0.1) is 0 Å². The van der Waals surface area contributed by atoms with Gasteiger partial charge in [0.05, 0.1) is 23.0 Å². The molecule has 1 rings (SSSR count). The summed E-state index contributed by atoms with van der Waals surface area (Å²) in [4.78, 5) is -0.602. The lowest BCUT2D eigenvalue weighted by atomic mass is 10.3. The van der Waals surface area contributed by atoms with E-state index in [-0.39, 0.29) is 24.5 Å². The van der Waals surface area contributed by atoms with Crippen LogP contribution in [-0.4, -0.2) is 21.6 Å². The number of benzene rings is 1. The van der Waals surface area contributed by atoms with E-state index in [1.54, 1.807) is 25.1 Å². The highest BCUT2D eigenvalue weighted by Gasteiger charge is 2.37. The Kier molecular flexibility index (Phi) is 7.61. The summed E-state index contributed by atoms with van der Waals surface area (Å²) in [6.45, 7) is 4.65. The smallest absolute Gasteiger partial charge is 0.304 e. The van der Waals surface area contributed by atoms with E-state index in [1.807, 2.05) is 0 Å². The molecule has 8 heteroatoms. The minimum absolute atomic E-state index is 0.0573. The van der Waals surface area contributed by atoms with Gasteiger partial charge in [0.1, 0.15) is 0 Å². The van der Waals surface area contributed by atoms with Crippen LogP contribution < -0.4 is 0 Å². The highest BCUT2D eigenvalue weighted by atomic mass is 32.2. The van der Waals surface area contributed by atoms with E-state index in [0.29, 0.717) is 6.42 Å². The molecule has 0 saturated carbocycles. The standard InChI is InChI=1S/C15H22FO5PS/c1-4-10-14(15(16)22(17,20-5-2)21-6-3)23(18,19)13-11-8-7-9-12-13/h7-9,11-12H,4-6,10H2,1-3H3/b15-14+. The molecule has 5 nitrogen and oxygen atoms in total. The molecular formula is C15H22FO5PS. The Hall–Kier alpha value is -1.01. The Morgan fingerprint density at radius 2 is 1.61 bits per heavy atom. The monoisotopic (exact) mass is 364 g/mol. The average Bonchev–Trinajstić information content (AvgIpc) is 2.53. The van der Waals surface area contributed by atoms with Crippen LogP contribution in [0.5, 0.6) is 0 Å². The lowest BCUT2D eigenvalue weighted by molar-refractivity contribution is 0.219. The van der Waals surface area contributed by atoms with Crippen LogP contribution in [0.4, 0.5) is 4.39 Å². The van der Waals surface area contributed by atoms with Crippen LogP contribution in [0.1, 0.15) is 33.6 Å². The molecule has 0 fully saturated rings. The third kappa shape index (κ3) is 4.73. The van der Waals surface area contributed by atoms with Crippen molar-refractivity contribution < 1.29 is 26.4 Å². The SMILES string of the molecule is CCC/C(=C(/F)P(=O)(OCC)OCC)S(=O)(=O)c1ccccc1. The van der Waals surface area contributed by atoms with Crippen molar-refractivity contribution in [2.75, 3.05) is 13.2 Å². The van der Waals surface area contributed by atoms with Gasteiger partial charge in [0.25, 0.3) is 0 Å². The van der Waals surface area contributed by atoms with Gasteiger partial charge in [-0.05, 0) is 32.4 Å². The first-order valence-electron chi connectivity index (χ1n) is 7.41. The number of allylic oxidation sites excluding steroid dienone is 1. The van der Waals surface area contributed by atoms with Gasteiger partial charge in [0.15, 0.2) is 0 Å². The van der Waals surface area contributed by atoms with Crippen molar-refractivity contribution in [2.24, 2.45) is 0 Å². The normalized spacial score (nSPS) is 13.7. The van der Waals surface area contributed by atoms with Crippen LogP contribution in [-0.2, 0) is 23.4 Å². The molecule has 0 N–H and O–H groups in total. The van der Waals surface area contributed by atoms with E-state index in [0.717, 1.165) is 0 Å². The van der Waals surface area contributed by atoms with Gasteiger partial charge in [0.2, 0.25) is 15.4 Å². The fourth-order valence-electron chi connectivity index (χ4n) is 1.96. The third-order valence-electron chi connectivity index (χ3n) is 2.92. The van der Waals surface area contributed by atoms with Crippen LogP contribution in [0.15, 0.2) is 45.7 Å². The van der Waals surface area contributed by atoms with Gasteiger partial charge in [0, 0.05) is 0 Å². The van der Waals surface area contributed by atoms with Gasteiger partial charge in [-0.15, -0.1) is 0 Å². The Bertz CT molecular complexity index is 675. The summed E-state index contributed by atoms with van der Waals surface area (Å²) in [7, 11) is -8.39. The fraction of sp³-hybridized carbons (Fsp3) is 0.467. The van der Waals surface area contributed by atoms with E-state index in [4.69, 9.17) is 9.05 Å². The molecule has 1 aromatic rings. The number of hydrogen-bond donors (Lipinski definition) is 0. The zero-order chi connectivity index (χ0) is 17.5. The van der Waals surface area contributed by atoms with Crippen molar-refractivity contribution in [2.45, 2.75) is 38.5 Å². The van der Waals surface area contributed by atoms with Crippen LogP contribution in [0.3, 0.4) is 0 Å². The molecule has 130 valence electrons. The summed E-state index contributed by atoms with van der Waals surface area (Å²) in [5.41, 5.74) is -1.33. The fourth-order valence-corrected chi connectivity index (χ4v) is 5.55. The second kappa shape index (κ2) is 8.73. The van der Waals surface area contributed by atoms with Gasteiger partial charge in [-0.3, -0.25) is 4.57 Å². The van der Waals surface area contributed by atoms with Crippen molar-refractivity contribution in [1.82, 2.24) is 0 Å². The Morgan fingerprint density at radius 3 is 2.04 bits per heavy atom. The highest BCUT2D eigenvalue weighted by Crippen LogP contribution is 2.59. The lowest BCUT2D eigenvalue weighted by Crippen LogP contribution is -2.09. The average molecular weight is 364 g/mol. The van der Waals surface area contributed by atoms with Gasteiger partial charge >= 0.3 is 7.60 Å². The molecule has 0 radical (unpaired) electrons. The first kappa shape index (κ1) is 20.0. The number of halogens is 1. The predicted molar refractivity (Wildman–Crippen MR) is 87.5 cm³/mol. The van der Waals surface area contributed by atoms with E-state index >= 15 is 0 Å². The molecule has 0 heterocycles. The molecule has 0 aromatic heterocycles. The van der Waals surface area contributed by atoms with E-state index in [1.165, 1.54) is 26.0 Å². The molecule has 0 spiro atoms. The first-order chi connectivity index (χ1) is 10.8. The molecule has 0 saturated heterocycles. The van der Waals surface area contributed by atoms with Gasteiger partial charge < -0.3 is 9.05 Å². The van der Waals surface area contributed by atoms with Gasteiger partial charge in [-0.2, -0.15) is 4.39 Å². The third-order valence-corrected chi connectivity index (χ3v) is 6.95. The number of sulfone groups is 1. The molecule has 0 aliphatic carbocycles. The van der Waals surface area contributed by atoms with Crippen LogP contribution in [0.2, 0.25) is 0 Å². The minimum Gasteiger partial charge on any atom is -0.304 e. The van der Waals surface area contributed by atoms with Crippen molar-refractivity contribution in [1.29, 1.82) is 0 Å². The molecule has 1 aromatic carbocycles. The summed E-state index contributed by atoms with van der Waals surface area (Å²) in [5.74, 6) is 0. The summed E-state index contributed by atoms with van der Waals surface area (Å²) >= 11 is 0. The Balaban J connectivity index is 3.52. The molecule has 0 amide bonds. The zero-order valence-corrected chi connectivity index (χ0v) is 15.2. The molecule has 0 bridgehead atoms. The molecule has 0 aliphatic rings. The summed E-state index contributed by atoms with van der Waals surface area (Å²) in [5, 5.41) is 0. The maximum atomic E-state index is 14.8. The van der Waals surface area contributed by atoms with Gasteiger partial charge in [-0.25, -0.2) is 8.42 Å². The van der Waals surface area contributed by atoms with Crippen LogP contribution >= 0.6 is 7.60 Å². The van der Waals surface area contributed by atoms with Crippen molar-refractivity contribution in [3.05, 3.63) is 40.8 Å².